The Morgan fingerprint density at radius 1 is 1.30 bits per heavy atom. The van der Waals surface area contributed by atoms with Crippen molar-refractivity contribution < 1.29 is 9.53 Å². The van der Waals surface area contributed by atoms with Crippen LogP contribution in [0.1, 0.15) is 32.8 Å². The standard InChI is InChI=1S/C17H25NO2/c1-5-18(13-14(3)4)17(19)12-11-15-9-7-8-10-16(15)20-6-2/h7-10H,3,5-6,11-13H2,1-2,4H3. The van der Waals surface area contributed by atoms with Crippen LogP contribution in [0, 0.1) is 0 Å². The average Bonchev–Trinajstić information content (AvgIpc) is 2.43. The van der Waals surface area contributed by atoms with Crippen molar-refractivity contribution in [3.05, 3.63) is 42.0 Å². The van der Waals surface area contributed by atoms with Crippen molar-refractivity contribution in [3.63, 3.8) is 0 Å². The van der Waals surface area contributed by atoms with Gasteiger partial charge in [0, 0.05) is 19.5 Å². The van der Waals surface area contributed by atoms with Crippen LogP contribution in [-0.2, 0) is 11.2 Å². The maximum Gasteiger partial charge on any atom is 0.223 e. The molecule has 110 valence electrons. The van der Waals surface area contributed by atoms with E-state index in [4.69, 9.17) is 4.74 Å². The van der Waals surface area contributed by atoms with E-state index in [9.17, 15) is 4.79 Å². The number of aryl methyl sites for hydroxylation is 1. The molecule has 1 aromatic carbocycles. The largest absolute Gasteiger partial charge is 0.494 e. The van der Waals surface area contributed by atoms with Gasteiger partial charge in [-0.3, -0.25) is 4.79 Å². The molecule has 0 radical (unpaired) electrons. The van der Waals surface area contributed by atoms with Crippen molar-refractivity contribution >= 4 is 5.91 Å². The zero-order valence-electron chi connectivity index (χ0n) is 12.8. The molecule has 1 rings (SSSR count). The van der Waals surface area contributed by atoms with Crippen LogP contribution in [0.15, 0.2) is 36.4 Å². The summed E-state index contributed by atoms with van der Waals surface area (Å²) < 4.78 is 5.58. The van der Waals surface area contributed by atoms with Crippen LogP contribution in [0.4, 0.5) is 0 Å². The summed E-state index contributed by atoms with van der Waals surface area (Å²) in [7, 11) is 0. The molecular formula is C17H25NO2. The van der Waals surface area contributed by atoms with Crippen molar-refractivity contribution in [2.45, 2.75) is 33.6 Å². The molecule has 0 aliphatic carbocycles. The summed E-state index contributed by atoms with van der Waals surface area (Å²) in [4.78, 5) is 14.0. The third kappa shape index (κ3) is 5.08. The van der Waals surface area contributed by atoms with Gasteiger partial charge in [-0.25, -0.2) is 0 Å². The minimum absolute atomic E-state index is 0.168. The molecular weight excluding hydrogens is 250 g/mol. The fourth-order valence-corrected chi connectivity index (χ4v) is 2.11. The van der Waals surface area contributed by atoms with E-state index in [1.165, 1.54) is 0 Å². The molecule has 0 aliphatic heterocycles. The van der Waals surface area contributed by atoms with E-state index in [1.54, 1.807) is 0 Å². The van der Waals surface area contributed by atoms with Crippen LogP contribution in [0.5, 0.6) is 5.75 Å². The molecule has 20 heavy (non-hydrogen) atoms. The number of para-hydroxylation sites is 1. The predicted molar refractivity (Wildman–Crippen MR) is 83.0 cm³/mol. The van der Waals surface area contributed by atoms with E-state index in [0.717, 1.165) is 23.4 Å². The number of likely N-dealkylation sites (N-methyl/N-ethyl adjacent to an activating group) is 1. The summed E-state index contributed by atoms with van der Waals surface area (Å²) in [6.07, 6.45) is 1.22. The van der Waals surface area contributed by atoms with E-state index in [2.05, 4.69) is 6.58 Å². The van der Waals surface area contributed by atoms with Gasteiger partial charge in [0.15, 0.2) is 0 Å². The second-order valence-corrected chi connectivity index (χ2v) is 4.91. The number of nitrogens with zero attached hydrogens (tertiary/aromatic N) is 1. The Morgan fingerprint density at radius 3 is 2.60 bits per heavy atom. The molecule has 3 heteroatoms. The Hall–Kier alpha value is -1.77. The van der Waals surface area contributed by atoms with Crippen LogP contribution in [0.3, 0.4) is 0 Å². The van der Waals surface area contributed by atoms with Crippen LogP contribution in [0.25, 0.3) is 0 Å². The van der Waals surface area contributed by atoms with Gasteiger partial charge < -0.3 is 9.64 Å². The van der Waals surface area contributed by atoms with Crippen LogP contribution >= 0.6 is 0 Å². The van der Waals surface area contributed by atoms with Gasteiger partial charge in [-0.2, -0.15) is 0 Å². The molecule has 0 N–H and O–H groups in total. The van der Waals surface area contributed by atoms with Gasteiger partial charge in [0.1, 0.15) is 5.75 Å². The summed E-state index contributed by atoms with van der Waals surface area (Å²) in [5, 5.41) is 0. The number of carbonyl (C=O) groups is 1. The number of hydrogen-bond donors (Lipinski definition) is 0. The highest BCUT2D eigenvalue weighted by atomic mass is 16.5. The van der Waals surface area contributed by atoms with Gasteiger partial charge in [-0.05, 0) is 38.8 Å². The molecule has 0 aromatic heterocycles. The van der Waals surface area contributed by atoms with Gasteiger partial charge in [0.25, 0.3) is 0 Å². The minimum atomic E-state index is 0.168. The monoisotopic (exact) mass is 275 g/mol. The van der Waals surface area contributed by atoms with Crippen molar-refractivity contribution in [1.82, 2.24) is 4.90 Å². The van der Waals surface area contributed by atoms with Crippen molar-refractivity contribution in [2.75, 3.05) is 19.7 Å². The highest BCUT2D eigenvalue weighted by Gasteiger charge is 2.12. The lowest BCUT2D eigenvalue weighted by Gasteiger charge is -2.21. The predicted octanol–water partition coefficient (Wildman–Crippen LogP) is 3.44. The smallest absolute Gasteiger partial charge is 0.223 e. The summed E-state index contributed by atoms with van der Waals surface area (Å²) in [6.45, 7) is 11.8. The molecule has 3 nitrogen and oxygen atoms in total. The van der Waals surface area contributed by atoms with Crippen molar-refractivity contribution in [1.29, 1.82) is 0 Å². The minimum Gasteiger partial charge on any atom is -0.494 e. The summed E-state index contributed by atoms with van der Waals surface area (Å²) in [5.74, 6) is 1.05. The van der Waals surface area contributed by atoms with E-state index >= 15 is 0 Å². The maximum absolute atomic E-state index is 12.2. The molecule has 1 amide bonds. The molecule has 0 saturated heterocycles. The van der Waals surface area contributed by atoms with E-state index in [0.29, 0.717) is 26.0 Å². The van der Waals surface area contributed by atoms with E-state index in [1.807, 2.05) is 49.9 Å². The zero-order valence-corrected chi connectivity index (χ0v) is 12.8. The molecule has 0 atom stereocenters. The first-order valence-electron chi connectivity index (χ1n) is 7.21. The highest BCUT2D eigenvalue weighted by molar-refractivity contribution is 5.76. The topological polar surface area (TPSA) is 29.5 Å². The molecule has 0 fully saturated rings. The Balaban J connectivity index is 2.62. The number of hydrogen-bond acceptors (Lipinski definition) is 2. The maximum atomic E-state index is 12.2. The second-order valence-electron chi connectivity index (χ2n) is 4.91. The fraction of sp³-hybridized carbons (Fsp3) is 0.471. The first kappa shape index (κ1) is 16.3. The van der Waals surface area contributed by atoms with Gasteiger partial charge in [-0.1, -0.05) is 30.4 Å². The number of rotatable bonds is 8. The molecule has 0 heterocycles. The van der Waals surface area contributed by atoms with Gasteiger partial charge in [0.05, 0.1) is 6.61 Å². The lowest BCUT2D eigenvalue weighted by molar-refractivity contribution is -0.130. The highest BCUT2D eigenvalue weighted by Crippen LogP contribution is 2.19. The Labute approximate surface area is 122 Å². The fourth-order valence-electron chi connectivity index (χ4n) is 2.11. The first-order chi connectivity index (χ1) is 9.58. The number of carbonyl (C=O) groups excluding carboxylic acids is 1. The SMILES string of the molecule is C=C(C)CN(CC)C(=O)CCc1ccccc1OCC. The third-order valence-corrected chi connectivity index (χ3v) is 3.08. The number of amides is 1. The number of benzene rings is 1. The van der Waals surface area contributed by atoms with E-state index < -0.39 is 0 Å². The molecule has 0 aliphatic rings. The van der Waals surface area contributed by atoms with Crippen molar-refractivity contribution in [3.8, 4) is 5.75 Å². The van der Waals surface area contributed by atoms with E-state index in [-0.39, 0.29) is 5.91 Å². The normalized spacial score (nSPS) is 10.2. The van der Waals surface area contributed by atoms with Crippen LogP contribution < -0.4 is 4.74 Å². The second kappa shape index (κ2) is 8.41. The summed E-state index contributed by atoms with van der Waals surface area (Å²) in [5.41, 5.74) is 2.10. The van der Waals surface area contributed by atoms with Crippen LogP contribution in [0.2, 0.25) is 0 Å². The number of ether oxygens (including phenoxy) is 1. The summed E-state index contributed by atoms with van der Waals surface area (Å²) >= 11 is 0. The molecule has 1 aromatic rings. The lowest BCUT2D eigenvalue weighted by atomic mass is 10.1. The quantitative estimate of drug-likeness (QED) is 0.680. The molecule has 0 saturated carbocycles. The average molecular weight is 275 g/mol. The first-order valence-corrected chi connectivity index (χ1v) is 7.21. The zero-order chi connectivity index (χ0) is 15.0. The van der Waals surface area contributed by atoms with Gasteiger partial charge >= 0.3 is 0 Å². The third-order valence-electron chi connectivity index (χ3n) is 3.08. The molecule has 0 bridgehead atoms. The molecule has 0 spiro atoms. The Kier molecular flexibility index (Phi) is 6.85. The van der Waals surface area contributed by atoms with Gasteiger partial charge in [0.2, 0.25) is 5.91 Å². The Morgan fingerprint density at radius 2 is 2.00 bits per heavy atom. The summed E-state index contributed by atoms with van der Waals surface area (Å²) in [6, 6.07) is 7.91. The Bertz CT molecular complexity index is 454. The van der Waals surface area contributed by atoms with Gasteiger partial charge in [-0.15, -0.1) is 0 Å². The lowest BCUT2D eigenvalue weighted by Crippen LogP contribution is -2.32. The molecule has 0 unspecified atom stereocenters. The van der Waals surface area contributed by atoms with Crippen molar-refractivity contribution in [2.24, 2.45) is 0 Å². The van der Waals surface area contributed by atoms with Crippen LogP contribution in [-0.4, -0.2) is 30.5 Å².